The minimum absolute atomic E-state index is 0.184. The third-order valence-corrected chi connectivity index (χ3v) is 4.39. The molecule has 4 rings (SSSR count). The maximum atomic E-state index is 11.3. The van der Waals surface area contributed by atoms with E-state index in [1.54, 1.807) is 18.6 Å². The van der Waals surface area contributed by atoms with Crippen molar-refractivity contribution in [2.75, 3.05) is 0 Å². The molecule has 0 radical (unpaired) electrons. The molecule has 0 aliphatic carbocycles. The van der Waals surface area contributed by atoms with E-state index in [2.05, 4.69) is 4.98 Å². The van der Waals surface area contributed by atoms with Crippen molar-refractivity contribution in [2.24, 2.45) is 7.05 Å². The fourth-order valence-electron chi connectivity index (χ4n) is 2.97. The standard InChI is InChI=1S/C17H12ClN3O2/c1-20-14-3-2-11(21-5-4-19-9-21)8-12(14)16-13(18)6-10(17(22)23)7-15(16)20/h2-9H,1H3,(H,22,23). The molecule has 0 amide bonds. The van der Waals surface area contributed by atoms with E-state index in [4.69, 9.17) is 11.6 Å². The van der Waals surface area contributed by atoms with Gasteiger partial charge >= 0.3 is 5.97 Å². The predicted molar refractivity (Wildman–Crippen MR) is 89.5 cm³/mol. The van der Waals surface area contributed by atoms with Gasteiger partial charge in [0.2, 0.25) is 0 Å². The Kier molecular flexibility index (Phi) is 2.92. The van der Waals surface area contributed by atoms with Crippen molar-refractivity contribution in [3.63, 3.8) is 0 Å². The van der Waals surface area contributed by atoms with Crippen LogP contribution in [0.5, 0.6) is 0 Å². The van der Waals surface area contributed by atoms with E-state index >= 15 is 0 Å². The number of imidazole rings is 1. The lowest BCUT2D eigenvalue weighted by Crippen LogP contribution is -1.97. The van der Waals surface area contributed by atoms with Crippen LogP contribution in [0, 0.1) is 0 Å². The Labute approximate surface area is 136 Å². The molecule has 0 bridgehead atoms. The molecule has 6 heteroatoms. The highest BCUT2D eigenvalue weighted by molar-refractivity contribution is 6.38. The molecule has 5 nitrogen and oxygen atoms in total. The molecule has 0 unspecified atom stereocenters. The zero-order chi connectivity index (χ0) is 16.1. The van der Waals surface area contributed by atoms with E-state index in [9.17, 15) is 9.90 Å². The van der Waals surface area contributed by atoms with Crippen molar-refractivity contribution >= 4 is 39.4 Å². The highest BCUT2D eigenvalue weighted by Gasteiger charge is 2.15. The van der Waals surface area contributed by atoms with Crippen LogP contribution in [0.25, 0.3) is 27.5 Å². The summed E-state index contributed by atoms with van der Waals surface area (Å²) >= 11 is 6.38. The second kappa shape index (κ2) is 4.86. The van der Waals surface area contributed by atoms with Gasteiger partial charge < -0.3 is 14.2 Å². The maximum Gasteiger partial charge on any atom is 0.335 e. The number of aromatic nitrogens is 3. The lowest BCUT2D eigenvalue weighted by molar-refractivity contribution is 0.0697. The molecule has 0 atom stereocenters. The zero-order valence-electron chi connectivity index (χ0n) is 12.2. The minimum atomic E-state index is -0.988. The molecule has 0 aliphatic rings. The van der Waals surface area contributed by atoms with Crippen molar-refractivity contribution in [1.29, 1.82) is 0 Å². The van der Waals surface area contributed by atoms with E-state index in [1.807, 2.05) is 40.6 Å². The Morgan fingerprint density at radius 3 is 2.74 bits per heavy atom. The van der Waals surface area contributed by atoms with Gasteiger partial charge in [-0.05, 0) is 30.3 Å². The van der Waals surface area contributed by atoms with Gasteiger partial charge in [-0.15, -0.1) is 0 Å². The number of carbonyl (C=O) groups is 1. The number of nitrogens with zero attached hydrogens (tertiary/aromatic N) is 3. The summed E-state index contributed by atoms with van der Waals surface area (Å²) in [5, 5.41) is 11.5. The lowest BCUT2D eigenvalue weighted by atomic mass is 10.1. The van der Waals surface area contributed by atoms with E-state index < -0.39 is 5.97 Å². The molecule has 4 aromatic rings. The predicted octanol–water partition coefficient (Wildman–Crippen LogP) is 3.87. The number of fused-ring (bicyclic) bond motifs is 3. The molecule has 0 saturated heterocycles. The first-order valence-corrected chi connectivity index (χ1v) is 7.37. The van der Waals surface area contributed by atoms with Crippen LogP contribution in [0.3, 0.4) is 0 Å². The van der Waals surface area contributed by atoms with Crippen LogP contribution >= 0.6 is 11.6 Å². The number of carboxylic acids is 1. The van der Waals surface area contributed by atoms with Crippen molar-refractivity contribution < 1.29 is 9.90 Å². The summed E-state index contributed by atoms with van der Waals surface area (Å²) in [5.41, 5.74) is 2.95. The van der Waals surface area contributed by atoms with Gasteiger partial charge in [0.25, 0.3) is 0 Å². The molecule has 114 valence electrons. The van der Waals surface area contributed by atoms with Crippen molar-refractivity contribution in [2.45, 2.75) is 0 Å². The first-order valence-electron chi connectivity index (χ1n) is 6.99. The van der Waals surface area contributed by atoms with Crippen LogP contribution in [0.1, 0.15) is 10.4 Å². The second-order valence-electron chi connectivity index (χ2n) is 5.39. The summed E-state index contributed by atoms with van der Waals surface area (Å²) in [6.07, 6.45) is 5.33. The number of halogens is 1. The topological polar surface area (TPSA) is 60.0 Å². The number of rotatable bonds is 2. The first kappa shape index (κ1) is 13.8. The van der Waals surface area contributed by atoms with Gasteiger partial charge in [-0.2, -0.15) is 0 Å². The van der Waals surface area contributed by atoms with E-state index in [-0.39, 0.29) is 5.56 Å². The molecule has 0 saturated carbocycles. The molecule has 2 aromatic heterocycles. The fourth-order valence-corrected chi connectivity index (χ4v) is 3.28. The number of hydrogen-bond acceptors (Lipinski definition) is 2. The lowest BCUT2D eigenvalue weighted by Gasteiger charge is -2.03. The molecule has 0 aliphatic heterocycles. The summed E-state index contributed by atoms with van der Waals surface area (Å²) in [6, 6.07) is 9.18. The number of carboxylic acid groups (broad SMARTS) is 1. The van der Waals surface area contributed by atoms with Gasteiger partial charge in [-0.25, -0.2) is 9.78 Å². The Balaban J connectivity index is 2.09. The van der Waals surface area contributed by atoms with Crippen LogP contribution in [-0.2, 0) is 7.05 Å². The molecular formula is C17H12ClN3O2. The highest BCUT2D eigenvalue weighted by atomic mass is 35.5. The quantitative estimate of drug-likeness (QED) is 0.608. The number of aromatic carboxylic acids is 1. The molecule has 23 heavy (non-hydrogen) atoms. The number of hydrogen-bond donors (Lipinski definition) is 1. The molecule has 2 heterocycles. The van der Waals surface area contributed by atoms with Gasteiger partial charge in [0.05, 0.1) is 22.4 Å². The molecular weight excluding hydrogens is 314 g/mol. The smallest absolute Gasteiger partial charge is 0.335 e. The van der Waals surface area contributed by atoms with Gasteiger partial charge in [-0.3, -0.25) is 0 Å². The third kappa shape index (κ3) is 2.01. The van der Waals surface area contributed by atoms with Gasteiger partial charge in [-0.1, -0.05) is 11.6 Å². The van der Waals surface area contributed by atoms with Crippen LogP contribution in [0.4, 0.5) is 0 Å². The molecule has 0 spiro atoms. The zero-order valence-corrected chi connectivity index (χ0v) is 12.9. The van der Waals surface area contributed by atoms with Crippen LogP contribution in [0.15, 0.2) is 49.1 Å². The fraction of sp³-hybridized carbons (Fsp3) is 0.0588. The molecule has 0 fully saturated rings. The van der Waals surface area contributed by atoms with E-state index in [0.717, 1.165) is 27.5 Å². The van der Waals surface area contributed by atoms with E-state index in [0.29, 0.717) is 5.02 Å². The largest absolute Gasteiger partial charge is 0.478 e. The molecule has 1 N–H and O–H groups in total. The Morgan fingerprint density at radius 1 is 1.22 bits per heavy atom. The Hall–Kier alpha value is -2.79. The van der Waals surface area contributed by atoms with Crippen LogP contribution in [-0.4, -0.2) is 25.2 Å². The summed E-state index contributed by atoms with van der Waals surface area (Å²) in [7, 11) is 1.91. The van der Waals surface area contributed by atoms with Crippen molar-refractivity contribution in [1.82, 2.24) is 14.1 Å². The van der Waals surface area contributed by atoms with Gasteiger partial charge in [0, 0.05) is 41.4 Å². The average molecular weight is 326 g/mol. The number of aryl methyl sites for hydroxylation is 1. The number of benzene rings is 2. The Bertz CT molecular complexity index is 1060. The van der Waals surface area contributed by atoms with Crippen molar-refractivity contribution in [3.05, 3.63) is 59.6 Å². The third-order valence-electron chi connectivity index (χ3n) is 4.09. The van der Waals surface area contributed by atoms with Crippen LogP contribution < -0.4 is 0 Å². The van der Waals surface area contributed by atoms with E-state index in [1.165, 1.54) is 6.07 Å². The SMILES string of the molecule is Cn1c2ccc(-n3ccnc3)cc2c2c(Cl)cc(C(=O)O)cc21. The van der Waals surface area contributed by atoms with Gasteiger partial charge in [0.1, 0.15) is 0 Å². The monoisotopic (exact) mass is 325 g/mol. The summed E-state index contributed by atoms with van der Waals surface area (Å²) in [6.45, 7) is 0. The second-order valence-corrected chi connectivity index (χ2v) is 5.79. The first-order chi connectivity index (χ1) is 11.1. The Morgan fingerprint density at radius 2 is 2.04 bits per heavy atom. The van der Waals surface area contributed by atoms with Gasteiger partial charge in [0.15, 0.2) is 0 Å². The summed E-state index contributed by atoms with van der Waals surface area (Å²) in [5.74, 6) is -0.988. The molecule has 2 aromatic carbocycles. The van der Waals surface area contributed by atoms with Crippen molar-refractivity contribution in [3.8, 4) is 5.69 Å². The summed E-state index contributed by atoms with van der Waals surface area (Å²) < 4.78 is 3.87. The minimum Gasteiger partial charge on any atom is -0.478 e. The maximum absolute atomic E-state index is 11.3. The normalized spacial score (nSPS) is 11.4. The average Bonchev–Trinajstić information content (AvgIpc) is 3.15. The van der Waals surface area contributed by atoms with Crippen LogP contribution in [0.2, 0.25) is 5.02 Å². The summed E-state index contributed by atoms with van der Waals surface area (Å²) in [4.78, 5) is 15.3. The highest BCUT2D eigenvalue weighted by Crippen LogP contribution is 2.35.